The van der Waals surface area contributed by atoms with Crippen LogP contribution in [-0.4, -0.2) is 23.1 Å². The second-order valence-electron chi connectivity index (χ2n) is 9.23. The third-order valence-electron chi connectivity index (χ3n) is 4.61. The van der Waals surface area contributed by atoms with Gasteiger partial charge in [0.15, 0.2) is 0 Å². The van der Waals surface area contributed by atoms with E-state index in [0.717, 1.165) is 32.1 Å². The summed E-state index contributed by atoms with van der Waals surface area (Å²) in [5.41, 5.74) is 0.882. The molecule has 0 aromatic heterocycles. The molecule has 1 aliphatic rings. The van der Waals surface area contributed by atoms with Crippen LogP contribution in [0.25, 0.3) is 0 Å². The number of ether oxygens (including phenoxy) is 1. The van der Waals surface area contributed by atoms with Crippen LogP contribution < -0.4 is 0 Å². The highest BCUT2D eigenvalue weighted by molar-refractivity contribution is 5.99. The maximum atomic E-state index is 12.6. The van der Waals surface area contributed by atoms with Crippen LogP contribution in [0.3, 0.4) is 0 Å². The van der Waals surface area contributed by atoms with Crippen LogP contribution in [-0.2, 0) is 14.3 Å². The van der Waals surface area contributed by atoms with Gasteiger partial charge in [-0.1, -0.05) is 41.5 Å². The number of esters is 1. The molecule has 0 saturated carbocycles. The van der Waals surface area contributed by atoms with E-state index < -0.39 is 11.9 Å². The summed E-state index contributed by atoms with van der Waals surface area (Å²) in [4.78, 5) is 24.0. The van der Waals surface area contributed by atoms with E-state index in [1.165, 1.54) is 0 Å². The number of hydrogen-bond donors (Lipinski definition) is 1. The van der Waals surface area contributed by atoms with Crippen molar-refractivity contribution in [3.63, 3.8) is 0 Å². The second-order valence-corrected chi connectivity index (χ2v) is 9.23. The van der Waals surface area contributed by atoms with Gasteiger partial charge in [0.1, 0.15) is 6.10 Å². The van der Waals surface area contributed by atoms with Gasteiger partial charge in [0.25, 0.3) is 0 Å². The minimum atomic E-state index is -0.979. The summed E-state index contributed by atoms with van der Waals surface area (Å²) < 4.78 is 5.81. The highest BCUT2D eigenvalue weighted by atomic mass is 16.5. The highest BCUT2D eigenvalue weighted by Crippen LogP contribution is 2.30. The molecule has 4 heteroatoms. The lowest BCUT2D eigenvalue weighted by molar-refractivity contribution is -0.147. The lowest BCUT2D eigenvalue weighted by Crippen LogP contribution is -2.26. The van der Waals surface area contributed by atoms with Crippen molar-refractivity contribution >= 4 is 11.9 Å². The average molecular weight is 353 g/mol. The Morgan fingerprint density at radius 1 is 1.04 bits per heavy atom. The van der Waals surface area contributed by atoms with Crippen LogP contribution >= 0.6 is 0 Å². The predicted octanol–water partition coefficient (Wildman–Crippen LogP) is 5.36. The molecule has 144 valence electrons. The molecule has 2 unspecified atom stereocenters. The summed E-state index contributed by atoms with van der Waals surface area (Å²) >= 11 is 0. The maximum absolute atomic E-state index is 12.6. The smallest absolute Gasteiger partial charge is 0.334 e. The van der Waals surface area contributed by atoms with E-state index in [4.69, 9.17) is 4.74 Å². The van der Waals surface area contributed by atoms with Crippen LogP contribution in [0, 0.1) is 17.3 Å². The summed E-state index contributed by atoms with van der Waals surface area (Å²) in [5, 5.41) is 9.34. The molecule has 4 nitrogen and oxygen atoms in total. The monoisotopic (exact) mass is 352 g/mol. The van der Waals surface area contributed by atoms with Gasteiger partial charge in [-0.05, 0) is 62.2 Å². The van der Waals surface area contributed by atoms with Crippen molar-refractivity contribution in [2.24, 2.45) is 17.3 Å². The van der Waals surface area contributed by atoms with Gasteiger partial charge in [-0.25, -0.2) is 9.59 Å². The Kier molecular flexibility index (Phi) is 8.17. The lowest BCUT2D eigenvalue weighted by Gasteiger charge is -2.28. The summed E-state index contributed by atoms with van der Waals surface area (Å²) in [6.45, 7) is 13.1. The van der Waals surface area contributed by atoms with Gasteiger partial charge < -0.3 is 9.84 Å². The van der Waals surface area contributed by atoms with Crippen molar-refractivity contribution in [2.75, 3.05) is 0 Å². The zero-order valence-corrected chi connectivity index (χ0v) is 16.9. The number of carboxylic acid groups (broad SMARTS) is 1. The molecule has 1 aliphatic carbocycles. The Hall–Kier alpha value is -1.32. The van der Waals surface area contributed by atoms with E-state index in [1.807, 2.05) is 0 Å². The van der Waals surface area contributed by atoms with Crippen molar-refractivity contribution in [1.29, 1.82) is 0 Å². The van der Waals surface area contributed by atoms with Crippen molar-refractivity contribution in [3.8, 4) is 0 Å². The summed E-state index contributed by atoms with van der Waals surface area (Å²) in [7, 11) is 0. The SMILES string of the molecule is CC(C)CC(CC(C)CC(C)(C)C)OC(=O)C1=C(C(=O)O)CCCC1. The number of carboxylic acids is 1. The molecule has 25 heavy (non-hydrogen) atoms. The minimum Gasteiger partial charge on any atom is -0.478 e. The molecule has 0 fully saturated rings. The molecule has 0 heterocycles. The van der Waals surface area contributed by atoms with Crippen LogP contribution in [0.5, 0.6) is 0 Å². The molecule has 0 aromatic rings. The summed E-state index contributed by atoms with van der Waals surface area (Å²) in [5.74, 6) is -0.506. The van der Waals surface area contributed by atoms with Gasteiger partial charge in [0.05, 0.1) is 0 Å². The van der Waals surface area contributed by atoms with Crippen molar-refractivity contribution < 1.29 is 19.4 Å². The molecular weight excluding hydrogens is 316 g/mol. The van der Waals surface area contributed by atoms with Gasteiger partial charge in [-0.2, -0.15) is 0 Å². The van der Waals surface area contributed by atoms with Gasteiger partial charge in [0.2, 0.25) is 0 Å². The maximum Gasteiger partial charge on any atom is 0.334 e. The molecule has 1 rings (SSSR count). The number of aliphatic carboxylic acids is 1. The Balaban J connectivity index is 2.83. The van der Waals surface area contributed by atoms with Gasteiger partial charge in [0, 0.05) is 11.1 Å². The fourth-order valence-corrected chi connectivity index (χ4v) is 3.88. The van der Waals surface area contributed by atoms with E-state index in [-0.39, 0.29) is 17.1 Å². The first-order valence-electron chi connectivity index (χ1n) is 9.66. The Bertz CT molecular complexity index is 497. The van der Waals surface area contributed by atoms with E-state index in [1.54, 1.807) is 0 Å². The van der Waals surface area contributed by atoms with Crippen LogP contribution in [0.4, 0.5) is 0 Å². The van der Waals surface area contributed by atoms with Crippen molar-refractivity contribution in [1.82, 2.24) is 0 Å². The fourth-order valence-electron chi connectivity index (χ4n) is 3.88. The first-order chi connectivity index (χ1) is 11.5. The number of carbonyl (C=O) groups is 2. The zero-order valence-electron chi connectivity index (χ0n) is 16.9. The highest BCUT2D eigenvalue weighted by Gasteiger charge is 2.28. The molecular formula is C21H36O4. The van der Waals surface area contributed by atoms with Crippen LogP contribution in [0.1, 0.15) is 86.5 Å². The normalized spacial score (nSPS) is 18.2. The minimum absolute atomic E-state index is 0.144. The first kappa shape index (κ1) is 21.7. The molecule has 0 bridgehead atoms. The Labute approximate surface area is 153 Å². The number of hydrogen-bond acceptors (Lipinski definition) is 3. The van der Waals surface area contributed by atoms with E-state index >= 15 is 0 Å². The zero-order chi connectivity index (χ0) is 19.2. The van der Waals surface area contributed by atoms with E-state index in [0.29, 0.717) is 30.3 Å². The van der Waals surface area contributed by atoms with Crippen LogP contribution in [0.15, 0.2) is 11.1 Å². The molecule has 0 saturated heterocycles. The molecule has 0 aliphatic heterocycles. The van der Waals surface area contributed by atoms with Crippen molar-refractivity contribution in [2.45, 2.75) is 92.6 Å². The summed E-state index contributed by atoms with van der Waals surface area (Å²) in [6, 6.07) is 0. The van der Waals surface area contributed by atoms with E-state index in [2.05, 4.69) is 41.5 Å². The second kappa shape index (κ2) is 9.40. The first-order valence-corrected chi connectivity index (χ1v) is 9.66. The van der Waals surface area contributed by atoms with E-state index in [9.17, 15) is 14.7 Å². The molecule has 0 amide bonds. The standard InChI is InChI=1S/C21H36O4/c1-14(2)11-16(12-15(3)13-21(4,5)6)25-20(24)18-10-8-7-9-17(18)19(22)23/h14-16H,7-13H2,1-6H3,(H,22,23). The average Bonchev–Trinajstić information content (AvgIpc) is 2.44. The third-order valence-corrected chi connectivity index (χ3v) is 4.61. The topological polar surface area (TPSA) is 63.6 Å². The summed E-state index contributed by atoms with van der Waals surface area (Å²) in [6.07, 6.45) is 5.25. The predicted molar refractivity (Wildman–Crippen MR) is 100 cm³/mol. The number of rotatable bonds is 8. The quantitative estimate of drug-likeness (QED) is 0.597. The Morgan fingerprint density at radius 2 is 1.60 bits per heavy atom. The van der Waals surface area contributed by atoms with Crippen LogP contribution in [0.2, 0.25) is 0 Å². The third kappa shape index (κ3) is 8.06. The molecule has 0 aromatic carbocycles. The molecule has 0 radical (unpaired) electrons. The number of carbonyl (C=O) groups excluding carboxylic acids is 1. The molecule has 0 spiro atoms. The van der Waals surface area contributed by atoms with Gasteiger partial charge in [-0.3, -0.25) is 0 Å². The van der Waals surface area contributed by atoms with Gasteiger partial charge >= 0.3 is 11.9 Å². The largest absolute Gasteiger partial charge is 0.478 e. The Morgan fingerprint density at radius 3 is 2.08 bits per heavy atom. The molecule has 2 atom stereocenters. The molecule has 1 N–H and O–H groups in total. The lowest BCUT2D eigenvalue weighted by atomic mass is 9.82. The fraction of sp³-hybridized carbons (Fsp3) is 0.810. The van der Waals surface area contributed by atoms with Gasteiger partial charge in [-0.15, -0.1) is 0 Å². The van der Waals surface area contributed by atoms with Crippen molar-refractivity contribution in [3.05, 3.63) is 11.1 Å².